The fourth-order valence-electron chi connectivity index (χ4n) is 3.78. The topological polar surface area (TPSA) is 146 Å². The summed E-state index contributed by atoms with van der Waals surface area (Å²) in [4.78, 5) is 26.7. The summed E-state index contributed by atoms with van der Waals surface area (Å²) < 4.78 is 66.5. The second-order valence-electron chi connectivity index (χ2n) is 8.67. The van der Waals surface area contributed by atoms with Gasteiger partial charge in [-0.3, -0.25) is 9.59 Å². The largest absolute Gasteiger partial charge is 0.461 e. The molecule has 0 aliphatic rings. The SMILES string of the molecule is CCNC(=O)c1cc(N)cc(C)c1NC(=O)c1cc(Cn2nnc(C(F)(F)C(F)(F)F)n2)nn1-c1ccccc1Cl. The molecule has 216 valence electrons. The van der Waals surface area contributed by atoms with Crippen LogP contribution in [0.25, 0.3) is 5.69 Å². The van der Waals surface area contributed by atoms with Crippen molar-refractivity contribution in [3.63, 3.8) is 0 Å². The molecule has 0 saturated carbocycles. The first-order valence-corrected chi connectivity index (χ1v) is 12.2. The molecule has 0 saturated heterocycles. The summed E-state index contributed by atoms with van der Waals surface area (Å²) >= 11 is 6.32. The molecule has 17 heteroatoms. The van der Waals surface area contributed by atoms with E-state index in [1.807, 2.05) is 0 Å². The average molecular weight is 598 g/mol. The second-order valence-corrected chi connectivity index (χ2v) is 9.08. The molecule has 2 amide bonds. The smallest absolute Gasteiger partial charge is 0.399 e. The van der Waals surface area contributed by atoms with E-state index in [1.54, 1.807) is 38.1 Å². The van der Waals surface area contributed by atoms with Crippen LogP contribution < -0.4 is 16.4 Å². The van der Waals surface area contributed by atoms with E-state index >= 15 is 0 Å². The number of nitrogens with one attached hydrogen (secondary N) is 2. The van der Waals surface area contributed by atoms with E-state index in [2.05, 4.69) is 31.1 Å². The number of aromatic nitrogens is 6. The highest BCUT2D eigenvalue weighted by molar-refractivity contribution is 6.32. The van der Waals surface area contributed by atoms with Crippen molar-refractivity contribution in [2.24, 2.45) is 0 Å². The molecule has 4 N–H and O–H groups in total. The molecule has 0 radical (unpaired) electrons. The van der Waals surface area contributed by atoms with Crippen LogP contribution >= 0.6 is 11.6 Å². The van der Waals surface area contributed by atoms with Crippen LogP contribution in [0.4, 0.5) is 33.3 Å². The number of carbonyl (C=O) groups excluding carboxylic acids is 2. The maximum absolute atomic E-state index is 13.6. The molecule has 0 bridgehead atoms. The van der Waals surface area contributed by atoms with Crippen LogP contribution in [-0.2, 0) is 12.5 Å². The van der Waals surface area contributed by atoms with E-state index < -0.39 is 36.3 Å². The van der Waals surface area contributed by atoms with E-state index in [-0.39, 0.29) is 33.3 Å². The number of hydrogen-bond acceptors (Lipinski definition) is 7. The van der Waals surface area contributed by atoms with Crippen molar-refractivity contribution < 1.29 is 31.5 Å². The van der Waals surface area contributed by atoms with Crippen molar-refractivity contribution in [2.75, 3.05) is 17.6 Å². The van der Waals surface area contributed by atoms with Gasteiger partial charge in [0.05, 0.1) is 27.7 Å². The van der Waals surface area contributed by atoms with Crippen LogP contribution in [0.1, 0.15) is 44.9 Å². The van der Waals surface area contributed by atoms with Crippen molar-refractivity contribution in [3.8, 4) is 5.69 Å². The summed E-state index contributed by atoms with van der Waals surface area (Å²) in [5, 5.41) is 19.0. The van der Waals surface area contributed by atoms with Crippen LogP contribution in [0, 0.1) is 6.92 Å². The summed E-state index contributed by atoms with van der Waals surface area (Å²) in [5.74, 6) is -8.41. The highest BCUT2D eigenvalue weighted by Gasteiger charge is 2.62. The van der Waals surface area contributed by atoms with Gasteiger partial charge >= 0.3 is 12.1 Å². The number of benzene rings is 2. The molecule has 0 atom stereocenters. The molecule has 0 aliphatic carbocycles. The number of nitrogens with zero attached hydrogens (tertiary/aromatic N) is 6. The first-order chi connectivity index (χ1) is 19.2. The highest BCUT2D eigenvalue weighted by Crippen LogP contribution is 2.41. The second kappa shape index (κ2) is 11.1. The minimum absolute atomic E-state index is 0.00711. The summed E-state index contributed by atoms with van der Waals surface area (Å²) in [7, 11) is 0. The van der Waals surface area contributed by atoms with Gasteiger partial charge in [0.25, 0.3) is 17.6 Å². The minimum atomic E-state index is -5.93. The van der Waals surface area contributed by atoms with Gasteiger partial charge in [-0.15, -0.1) is 10.2 Å². The van der Waals surface area contributed by atoms with Crippen LogP contribution in [0.15, 0.2) is 42.5 Å². The van der Waals surface area contributed by atoms with Crippen molar-refractivity contribution in [2.45, 2.75) is 32.5 Å². The predicted octanol–water partition coefficient (Wildman–Crippen LogP) is 4.11. The number of nitrogen functional groups attached to an aromatic ring is 1. The lowest BCUT2D eigenvalue weighted by molar-refractivity contribution is -0.292. The zero-order chi connectivity index (χ0) is 30.1. The van der Waals surface area contributed by atoms with Crippen molar-refractivity contribution in [3.05, 3.63) is 75.8 Å². The van der Waals surface area contributed by atoms with Gasteiger partial charge in [0.15, 0.2) is 0 Å². The van der Waals surface area contributed by atoms with Gasteiger partial charge in [0, 0.05) is 12.2 Å². The van der Waals surface area contributed by atoms with Gasteiger partial charge in [-0.25, -0.2) is 4.68 Å². The third-order valence-corrected chi connectivity index (χ3v) is 5.96. The number of hydrogen-bond donors (Lipinski definition) is 3. The Hall–Kier alpha value is -4.60. The number of tetrazole rings is 1. The Labute approximate surface area is 233 Å². The lowest BCUT2D eigenvalue weighted by Crippen LogP contribution is -2.35. The van der Waals surface area contributed by atoms with Gasteiger partial charge < -0.3 is 16.4 Å². The summed E-state index contributed by atoms with van der Waals surface area (Å²) in [6, 6.07) is 10.5. The van der Waals surface area contributed by atoms with Crippen molar-refractivity contribution in [1.82, 2.24) is 35.3 Å². The number of aryl methyl sites for hydroxylation is 1. The fraction of sp³-hybridized carbons (Fsp3) is 0.250. The lowest BCUT2D eigenvalue weighted by atomic mass is 10.1. The van der Waals surface area contributed by atoms with Gasteiger partial charge in [-0.2, -0.15) is 31.8 Å². The summed E-state index contributed by atoms with van der Waals surface area (Å²) in [6.45, 7) is 3.14. The zero-order valence-corrected chi connectivity index (χ0v) is 22.1. The van der Waals surface area contributed by atoms with E-state index in [0.717, 1.165) is 4.68 Å². The molecule has 0 aliphatic heterocycles. The molecular weight excluding hydrogens is 577 g/mol. The summed E-state index contributed by atoms with van der Waals surface area (Å²) in [6.07, 6.45) is -5.93. The Kier molecular flexibility index (Phi) is 7.96. The van der Waals surface area contributed by atoms with Crippen LogP contribution in [0.3, 0.4) is 0 Å². The van der Waals surface area contributed by atoms with Crippen LogP contribution in [-0.4, -0.2) is 54.5 Å². The molecular formula is C24H21ClF5N9O2. The molecule has 0 fully saturated rings. The van der Waals surface area contributed by atoms with Gasteiger partial charge in [-0.1, -0.05) is 23.7 Å². The predicted molar refractivity (Wildman–Crippen MR) is 137 cm³/mol. The Balaban J connectivity index is 1.73. The normalized spacial score (nSPS) is 11.9. The maximum Gasteiger partial charge on any atom is 0.461 e. The standard InChI is InChI=1S/C24H21ClF5N9O2/c1-3-32-20(40)15-9-13(31)8-12(2)19(15)33-21(41)18-10-14(35-39(18)17-7-5-4-6-16(17)25)11-38-36-22(34-37-38)23(26,27)24(28,29)30/h4-10H,3,11,31H2,1-2H3,(H,32,40)(H,33,41). The highest BCUT2D eigenvalue weighted by atomic mass is 35.5. The van der Waals surface area contributed by atoms with Crippen molar-refractivity contribution in [1.29, 1.82) is 0 Å². The molecule has 4 rings (SSSR count). The average Bonchev–Trinajstić information content (AvgIpc) is 3.53. The number of carbonyl (C=O) groups is 2. The number of halogens is 6. The Bertz CT molecular complexity index is 1620. The molecule has 2 aromatic heterocycles. The maximum atomic E-state index is 13.6. The van der Waals surface area contributed by atoms with Crippen LogP contribution in [0.5, 0.6) is 0 Å². The number of alkyl halides is 5. The monoisotopic (exact) mass is 597 g/mol. The minimum Gasteiger partial charge on any atom is -0.399 e. The fourth-order valence-corrected chi connectivity index (χ4v) is 3.99. The lowest BCUT2D eigenvalue weighted by Gasteiger charge is -2.15. The number of para-hydroxylation sites is 1. The number of nitrogens with two attached hydrogens (primary N) is 1. The number of amides is 2. The molecule has 11 nitrogen and oxygen atoms in total. The van der Waals surface area contributed by atoms with Crippen LogP contribution in [0.2, 0.25) is 5.02 Å². The molecule has 2 heterocycles. The van der Waals surface area contributed by atoms with E-state index in [9.17, 15) is 31.5 Å². The molecule has 41 heavy (non-hydrogen) atoms. The molecule has 0 spiro atoms. The number of rotatable bonds is 8. The van der Waals surface area contributed by atoms with Gasteiger partial charge in [0.1, 0.15) is 12.2 Å². The molecule has 0 unspecified atom stereocenters. The van der Waals surface area contributed by atoms with E-state index in [0.29, 0.717) is 22.6 Å². The summed E-state index contributed by atoms with van der Waals surface area (Å²) in [5.41, 5.74) is 7.07. The van der Waals surface area contributed by atoms with Gasteiger partial charge in [-0.05, 0) is 55.0 Å². The Morgan fingerprint density at radius 2 is 1.76 bits per heavy atom. The first-order valence-electron chi connectivity index (χ1n) is 11.8. The third kappa shape index (κ3) is 5.96. The van der Waals surface area contributed by atoms with E-state index in [4.69, 9.17) is 17.3 Å². The Morgan fingerprint density at radius 3 is 2.41 bits per heavy atom. The number of anilines is 2. The molecule has 2 aromatic carbocycles. The van der Waals surface area contributed by atoms with Gasteiger partial charge in [0.2, 0.25) is 0 Å². The van der Waals surface area contributed by atoms with E-state index in [1.165, 1.54) is 18.2 Å². The third-order valence-electron chi connectivity index (χ3n) is 5.64. The zero-order valence-electron chi connectivity index (χ0n) is 21.3. The first kappa shape index (κ1) is 29.4. The van der Waals surface area contributed by atoms with Crippen molar-refractivity contribution >= 4 is 34.8 Å². The quantitative estimate of drug-likeness (QED) is 0.205. The molecule has 4 aromatic rings. The Morgan fingerprint density at radius 1 is 1.05 bits per heavy atom.